The van der Waals surface area contributed by atoms with Crippen LogP contribution in [0.15, 0.2) is 23.1 Å². The zero-order chi connectivity index (χ0) is 25.3. The lowest BCUT2D eigenvalue weighted by Gasteiger charge is -2.51. The summed E-state index contributed by atoms with van der Waals surface area (Å²) < 4.78 is 49.0. The number of morpholine rings is 1. The van der Waals surface area contributed by atoms with Crippen molar-refractivity contribution in [2.45, 2.75) is 44.6 Å². The lowest BCUT2D eigenvalue weighted by Crippen LogP contribution is -2.68. The summed E-state index contributed by atoms with van der Waals surface area (Å²) >= 11 is 0.912. The van der Waals surface area contributed by atoms with Gasteiger partial charge in [-0.2, -0.15) is 0 Å². The molecule has 2 bridgehead atoms. The molecule has 5 heterocycles. The Bertz CT molecular complexity index is 1440. The zero-order valence-electron chi connectivity index (χ0n) is 18.9. The molecule has 3 aliphatic rings. The standard InChI is InChI=1S/C23H20F3N5O4S/c1-2-29-22-16-4-3-11(35-16)8-31(22)30-9-13(19(32)20(33)18(30)23(29)34)21-28-27-17(36-21)7-12-14(25)5-10(24)6-15(12)26/h5-6,9,11,16,22,33H,2-4,7-8H2,1H3/t11-,16+,22?/m1/s1. The number of pyridine rings is 1. The van der Waals surface area contributed by atoms with Crippen molar-refractivity contribution in [1.82, 2.24) is 19.8 Å². The van der Waals surface area contributed by atoms with Gasteiger partial charge in [0.15, 0.2) is 16.5 Å². The van der Waals surface area contributed by atoms with Crippen LogP contribution in [0.25, 0.3) is 10.6 Å². The molecule has 0 aliphatic carbocycles. The Labute approximate surface area is 206 Å². The summed E-state index contributed by atoms with van der Waals surface area (Å²) in [4.78, 5) is 28.0. The van der Waals surface area contributed by atoms with E-state index in [-0.39, 0.29) is 45.5 Å². The molecule has 2 aromatic heterocycles. The SMILES string of the molecule is CCN1C(=O)c2c(O)c(=O)c(-c3nnc(Cc4c(F)cc(F)cc4F)s3)cn2N2C[C@H]3CC[C@H](O3)C12. The molecule has 13 heteroatoms. The van der Waals surface area contributed by atoms with Crippen molar-refractivity contribution in [2.75, 3.05) is 18.1 Å². The Morgan fingerprint density at radius 2 is 1.92 bits per heavy atom. The minimum Gasteiger partial charge on any atom is -0.502 e. The van der Waals surface area contributed by atoms with Crippen LogP contribution in [-0.4, -0.2) is 62.3 Å². The highest BCUT2D eigenvalue weighted by Crippen LogP contribution is 2.37. The lowest BCUT2D eigenvalue weighted by atomic mass is 10.1. The number of halogens is 3. The molecule has 2 saturated heterocycles. The number of nitrogens with zero attached hydrogens (tertiary/aromatic N) is 5. The molecule has 1 unspecified atom stereocenters. The number of carbonyl (C=O) groups is 1. The van der Waals surface area contributed by atoms with Crippen molar-refractivity contribution >= 4 is 17.2 Å². The summed E-state index contributed by atoms with van der Waals surface area (Å²) in [5.74, 6) is -4.32. The molecule has 1 N–H and O–H groups in total. The average molecular weight is 520 g/mol. The molecular weight excluding hydrogens is 499 g/mol. The first-order valence-corrected chi connectivity index (χ1v) is 12.3. The molecule has 0 spiro atoms. The van der Waals surface area contributed by atoms with Crippen LogP contribution in [0.1, 0.15) is 40.8 Å². The maximum atomic E-state index is 14.1. The third-order valence-corrected chi connectivity index (χ3v) is 7.82. The topological polar surface area (TPSA) is 101 Å². The lowest BCUT2D eigenvalue weighted by molar-refractivity contribution is -0.0523. The molecule has 1 aromatic carbocycles. The van der Waals surface area contributed by atoms with Gasteiger partial charge < -0.3 is 14.7 Å². The van der Waals surface area contributed by atoms with E-state index >= 15 is 0 Å². The monoisotopic (exact) mass is 519 g/mol. The van der Waals surface area contributed by atoms with Gasteiger partial charge in [-0.3, -0.25) is 19.3 Å². The Morgan fingerprint density at radius 3 is 2.64 bits per heavy atom. The summed E-state index contributed by atoms with van der Waals surface area (Å²) in [5.41, 5.74) is -1.32. The highest BCUT2D eigenvalue weighted by molar-refractivity contribution is 7.14. The second-order valence-corrected chi connectivity index (χ2v) is 10.0. The number of fused-ring (bicyclic) bond motifs is 6. The number of hydrogen-bond donors (Lipinski definition) is 1. The number of carbonyl (C=O) groups excluding carboxylic acids is 1. The van der Waals surface area contributed by atoms with Gasteiger partial charge in [0, 0.05) is 36.9 Å². The highest BCUT2D eigenvalue weighted by Gasteiger charge is 2.50. The number of benzene rings is 1. The van der Waals surface area contributed by atoms with Crippen molar-refractivity contribution in [2.24, 2.45) is 0 Å². The Morgan fingerprint density at radius 1 is 1.17 bits per heavy atom. The first kappa shape index (κ1) is 23.0. The van der Waals surface area contributed by atoms with Crippen LogP contribution in [0.3, 0.4) is 0 Å². The minimum absolute atomic E-state index is 0.00427. The van der Waals surface area contributed by atoms with Gasteiger partial charge in [-0.05, 0) is 19.8 Å². The van der Waals surface area contributed by atoms with Gasteiger partial charge in [-0.1, -0.05) is 11.3 Å². The van der Waals surface area contributed by atoms with Crippen molar-refractivity contribution in [1.29, 1.82) is 0 Å². The van der Waals surface area contributed by atoms with E-state index in [1.54, 1.807) is 4.90 Å². The molecule has 3 atom stereocenters. The van der Waals surface area contributed by atoms with E-state index in [4.69, 9.17) is 4.74 Å². The molecular formula is C23H20F3N5O4S. The van der Waals surface area contributed by atoms with Crippen LogP contribution in [0, 0.1) is 17.5 Å². The van der Waals surface area contributed by atoms with Crippen molar-refractivity contribution in [3.63, 3.8) is 0 Å². The number of aromatic nitrogens is 3. The predicted octanol–water partition coefficient (Wildman–Crippen LogP) is 2.38. The minimum atomic E-state index is -1.05. The van der Waals surface area contributed by atoms with E-state index in [1.807, 2.05) is 11.9 Å². The van der Waals surface area contributed by atoms with Crippen molar-refractivity contribution in [3.8, 4) is 16.3 Å². The molecule has 3 aliphatic heterocycles. The second-order valence-electron chi connectivity index (χ2n) is 8.94. The molecule has 0 saturated carbocycles. The first-order valence-electron chi connectivity index (χ1n) is 11.4. The first-order chi connectivity index (χ1) is 17.3. The quantitative estimate of drug-likeness (QED) is 0.565. The van der Waals surface area contributed by atoms with Crippen molar-refractivity contribution < 1.29 is 27.8 Å². The Kier molecular flexibility index (Phi) is 5.30. The smallest absolute Gasteiger partial charge is 0.278 e. The average Bonchev–Trinajstić information content (AvgIpc) is 3.46. The van der Waals surface area contributed by atoms with Gasteiger partial charge in [-0.15, -0.1) is 10.2 Å². The number of amides is 1. The van der Waals surface area contributed by atoms with Gasteiger partial charge in [0.05, 0.1) is 24.3 Å². The molecule has 9 nitrogen and oxygen atoms in total. The number of aromatic hydroxyl groups is 1. The van der Waals surface area contributed by atoms with E-state index in [0.29, 0.717) is 25.2 Å². The Balaban J connectivity index is 1.42. The van der Waals surface area contributed by atoms with Crippen molar-refractivity contribution in [3.05, 3.63) is 62.3 Å². The van der Waals surface area contributed by atoms with Crippen LogP contribution in [0.4, 0.5) is 13.2 Å². The van der Waals surface area contributed by atoms with Gasteiger partial charge in [0.1, 0.15) is 28.6 Å². The Hall–Kier alpha value is -3.45. The number of likely N-dealkylation sites (N-methyl/N-ethyl adjacent to an activating group) is 1. The molecule has 0 radical (unpaired) electrons. The van der Waals surface area contributed by atoms with Gasteiger partial charge >= 0.3 is 0 Å². The van der Waals surface area contributed by atoms with E-state index in [0.717, 1.165) is 24.2 Å². The van der Waals surface area contributed by atoms with E-state index in [2.05, 4.69) is 10.2 Å². The van der Waals surface area contributed by atoms with E-state index in [1.165, 1.54) is 10.9 Å². The molecule has 2 fully saturated rings. The molecule has 36 heavy (non-hydrogen) atoms. The van der Waals surface area contributed by atoms with Crippen LogP contribution in [0.2, 0.25) is 0 Å². The van der Waals surface area contributed by atoms with Crippen LogP contribution in [-0.2, 0) is 11.2 Å². The van der Waals surface area contributed by atoms with E-state index < -0.39 is 40.7 Å². The van der Waals surface area contributed by atoms with Crippen LogP contribution in [0.5, 0.6) is 5.75 Å². The number of hydrogen-bond acceptors (Lipinski definition) is 8. The molecule has 6 rings (SSSR count). The second kappa shape index (κ2) is 8.30. The summed E-state index contributed by atoms with van der Waals surface area (Å²) in [6.07, 6.45) is 2.16. The fourth-order valence-electron chi connectivity index (χ4n) is 5.23. The summed E-state index contributed by atoms with van der Waals surface area (Å²) in [6, 6.07) is 1.16. The van der Waals surface area contributed by atoms with Crippen LogP contribution >= 0.6 is 11.3 Å². The summed E-state index contributed by atoms with van der Waals surface area (Å²) in [7, 11) is 0. The van der Waals surface area contributed by atoms with Gasteiger partial charge in [0.2, 0.25) is 5.43 Å². The number of ether oxygens (including phenoxy) is 1. The normalized spacial score (nSPS) is 22.7. The van der Waals surface area contributed by atoms with E-state index in [9.17, 15) is 27.9 Å². The largest absolute Gasteiger partial charge is 0.502 e. The predicted molar refractivity (Wildman–Crippen MR) is 122 cm³/mol. The van der Waals surface area contributed by atoms with Gasteiger partial charge in [-0.25, -0.2) is 13.2 Å². The summed E-state index contributed by atoms with van der Waals surface area (Å²) in [5, 5.41) is 21.0. The third kappa shape index (κ3) is 3.40. The maximum absolute atomic E-state index is 14.1. The third-order valence-electron chi connectivity index (χ3n) is 6.86. The highest BCUT2D eigenvalue weighted by atomic mass is 32.1. The maximum Gasteiger partial charge on any atom is 0.278 e. The van der Waals surface area contributed by atoms with Crippen LogP contribution < -0.4 is 10.4 Å². The zero-order valence-corrected chi connectivity index (χ0v) is 19.8. The number of rotatable bonds is 4. The molecule has 1 amide bonds. The molecule has 188 valence electrons. The summed E-state index contributed by atoms with van der Waals surface area (Å²) in [6.45, 7) is 2.66. The fourth-order valence-corrected chi connectivity index (χ4v) is 6.09. The fraction of sp³-hybridized carbons (Fsp3) is 0.391. The molecule has 3 aromatic rings. The van der Waals surface area contributed by atoms with Gasteiger partial charge in [0.25, 0.3) is 5.91 Å².